The first-order chi connectivity index (χ1) is 6.72. The molecule has 0 radical (unpaired) electrons. The van der Waals surface area contributed by atoms with E-state index < -0.39 is 0 Å². The lowest BCUT2D eigenvalue weighted by atomic mass is 10.2. The molecule has 14 heavy (non-hydrogen) atoms. The van der Waals surface area contributed by atoms with Crippen molar-refractivity contribution in [2.75, 3.05) is 5.73 Å². The van der Waals surface area contributed by atoms with E-state index in [-0.39, 0.29) is 0 Å². The molecule has 0 atom stereocenters. The number of rotatable bonds is 3. The molecule has 2 rings (SSSR count). The van der Waals surface area contributed by atoms with Crippen LogP contribution in [0.15, 0.2) is 4.47 Å². The molecule has 0 bridgehead atoms. The van der Waals surface area contributed by atoms with E-state index in [0.29, 0.717) is 11.7 Å². The smallest absolute Gasteiger partial charge is 0.141 e. The molecule has 0 unspecified atom stereocenters. The Hall–Kier alpha value is -0.640. The molecule has 1 fully saturated rings. The van der Waals surface area contributed by atoms with Crippen molar-refractivity contribution in [2.24, 2.45) is 0 Å². The van der Waals surface area contributed by atoms with Crippen molar-refractivity contribution < 1.29 is 0 Å². The first kappa shape index (κ1) is 9.90. The van der Waals surface area contributed by atoms with Gasteiger partial charge in [0.1, 0.15) is 11.6 Å². The third kappa shape index (κ3) is 1.90. The van der Waals surface area contributed by atoms with Crippen LogP contribution in [-0.2, 0) is 6.42 Å². The summed E-state index contributed by atoms with van der Waals surface area (Å²) in [5.41, 5.74) is 6.88. The first-order valence-corrected chi connectivity index (χ1v) is 5.83. The molecule has 1 heterocycles. The van der Waals surface area contributed by atoms with E-state index in [0.717, 1.165) is 28.8 Å². The Morgan fingerprint density at radius 3 is 2.71 bits per heavy atom. The van der Waals surface area contributed by atoms with Crippen molar-refractivity contribution in [3.63, 3.8) is 0 Å². The molecule has 1 aromatic heterocycles. The molecule has 0 saturated heterocycles. The van der Waals surface area contributed by atoms with Crippen LogP contribution in [-0.4, -0.2) is 9.97 Å². The summed E-state index contributed by atoms with van der Waals surface area (Å²) < 4.78 is 0.878. The van der Waals surface area contributed by atoms with Gasteiger partial charge < -0.3 is 5.73 Å². The van der Waals surface area contributed by atoms with Gasteiger partial charge in [-0.05, 0) is 35.2 Å². The third-order valence-corrected chi connectivity index (χ3v) is 3.26. The van der Waals surface area contributed by atoms with Gasteiger partial charge in [-0.15, -0.1) is 0 Å². The van der Waals surface area contributed by atoms with Gasteiger partial charge >= 0.3 is 0 Å². The number of hydrogen-bond donors (Lipinski definition) is 1. The fourth-order valence-electron chi connectivity index (χ4n) is 1.46. The van der Waals surface area contributed by atoms with Crippen molar-refractivity contribution >= 4 is 21.7 Å². The van der Waals surface area contributed by atoms with Gasteiger partial charge in [-0.2, -0.15) is 0 Å². The van der Waals surface area contributed by atoms with Gasteiger partial charge in [-0.3, -0.25) is 0 Å². The van der Waals surface area contributed by atoms with Crippen molar-refractivity contribution in [3.05, 3.63) is 16.0 Å². The zero-order valence-electron chi connectivity index (χ0n) is 8.26. The average Bonchev–Trinajstić information content (AvgIpc) is 2.96. The largest absolute Gasteiger partial charge is 0.383 e. The van der Waals surface area contributed by atoms with Gasteiger partial charge in [0.15, 0.2) is 0 Å². The molecule has 1 aliphatic rings. The number of nitrogen functional groups attached to an aromatic ring is 1. The van der Waals surface area contributed by atoms with Crippen molar-refractivity contribution in [1.82, 2.24) is 9.97 Å². The molecule has 1 saturated carbocycles. The van der Waals surface area contributed by atoms with E-state index >= 15 is 0 Å². The number of halogens is 1. The monoisotopic (exact) mass is 255 g/mol. The molecule has 0 aromatic carbocycles. The fourth-order valence-corrected chi connectivity index (χ4v) is 1.83. The van der Waals surface area contributed by atoms with E-state index in [2.05, 4.69) is 32.8 Å². The van der Waals surface area contributed by atoms with Crippen molar-refractivity contribution in [1.29, 1.82) is 0 Å². The molecule has 2 N–H and O–H groups in total. The maximum atomic E-state index is 5.82. The molecule has 3 nitrogen and oxygen atoms in total. The van der Waals surface area contributed by atoms with E-state index in [1.807, 2.05) is 0 Å². The zero-order valence-corrected chi connectivity index (χ0v) is 9.84. The summed E-state index contributed by atoms with van der Waals surface area (Å²) in [6, 6.07) is 0. The molecular formula is C10H14BrN3. The Balaban J connectivity index is 2.35. The second-order valence-corrected chi connectivity index (χ2v) is 4.54. The molecule has 1 aliphatic carbocycles. The van der Waals surface area contributed by atoms with Crippen LogP contribution in [0.1, 0.15) is 43.6 Å². The Bertz CT molecular complexity index is 347. The van der Waals surface area contributed by atoms with Crippen LogP contribution in [0, 0.1) is 0 Å². The minimum absolute atomic E-state index is 0.570. The van der Waals surface area contributed by atoms with Crippen LogP contribution < -0.4 is 5.73 Å². The summed E-state index contributed by atoms with van der Waals surface area (Å²) in [7, 11) is 0. The first-order valence-electron chi connectivity index (χ1n) is 5.04. The normalized spacial score (nSPS) is 15.9. The lowest BCUT2D eigenvalue weighted by molar-refractivity contribution is 0.825. The number of aromatic nitrogens is 2. The summed E-state index contributed by atoms with van der Waals surface area (Å²) >= 11 is 3.43. The standard InChI is InChI=1S/C10H14BrN3/c1-2-3-7-8(11)9(12)14-10(13-7)6-4-5-6/h6H,2-5H2,1H3,(H2,12,13,14). The second kappa shape index (κ2) is 3.85. The number of nitrogens with zero attached hydrogens (tertiary/aromatic N) is 2. The fraction of sp³-hybridized carbons (Fsp3) is 0.600. The Morgan fingerprint density at radius 2 is 2.14 bits per heavy atom. The number of anilines is 1. The highest BCUT2D eigenvalue weighted by Gasteiger charge is 2.27. The van der Waals surface area contributed by atoms with Gasteiger partial charge in [0.2, 0.25) is 0 Å². The van der Waals surface area contributed by atoms with Gasteiger partial charge in [0.25, 0.3) is 0 Å². The van der Waals surface area contributed by atoms with E-state index in [1.165, 1.54) is 12.8 Å². The molecule has 1 aromatic rings. The molecule has 4 heteroatoms. The topological polar surface area (TPSA) is 51.8 Å². The van der Waals surface area contributed by atoms with Crippen LogP contribution in [0.2, 0.25) is 0 Å². The molecular weight excluding hydrogens is 242 g/mol. The third-order valence-electron chi connectivity index (χ3n) is 2.39. The van der Waals surface area contributed by atoms with Gasteiger partial charge in [-0.25, -0.2) is 9.97 Å². The highest BCUT2D eigenvalue weighted by atomic mass is 79.9. The van der Waals surface area contributed by atoms with E-state index in [9.17, 15) is 0 Å². The summed E-state index contributed by atoms with van der Waals surface area (Å²) in [5, 5.41) is 0. The van der Waals surface area contributed by atoms with Crippen LogP contribution in [0.3, 0.4) is 0 Å². The van der Waals surface area contributed by atoms with Crippen LogP contribution in [0.5, 0.6) is 0 Å². The van der Waals surface area contributed by atoms with E-state index in [1.54, 1.807) is 0 Å². The summed E-state index contributed by atoms with van der Waals surface area (Å²) in [6.45, 7) is 2.14. The molecule has 0 aliphatic heterocycles. The van der Waals surface area contributed by atoms with Gasteiger partial charge in [0.05, 0.1) is 10.2 Å². The summed E-state index contributed by atoms with van der Waals surface area (Å²) in [6.07, 6.45) is 4.48. The summed E-state index contributed by atoms with van der Waals surface area (Å²) in [4.78, 5) is 8.84. The van der Waals surface area contributed by atoms with Gasteiger partial charge in [-0.1, -0.05) is 13.3 Å². The van der Waals surface area contributed by atoms with E-state index in [4.69, 9.17) is 5.73 Å². The van der Waals surface area contributed by atoms with Crippen molar-refractivity contribution in [2.45, 2.75) is 38.5 Å². The minimum atomic E-state index is 0.570. The lowest BCUT2D eigenvalue weighted by Gasteiger charge is -2.07. The Morgan fingerprint density at radius 1 is 1.43 bits per heavy atom. The predicted molar refractivity (Wildman–Crippen MR) is 60.1 cm³/mol. The number of hydrogen-bond acceptors (Lipinski definition) is 3. The highest BCUT2D eigenvalue weighted by molar-refractivity contribution is 9.10. The number of aryl methyl sites for hydroxylation is 1. The lowest BCUT2D eigenvalue weighted by Crippen LogP contribution is -2.04. The predicted octanol–water partition coefficient (Wildman–Crippen LogP) is 2.65. The van der Waals surface area contributed by atoms with Crippen LogP contribution in [0.25, 0.3) is 0 Å². The van der Waals surface area contributed by atoms with Crippen LogP contribution in [0.4, 0.5) is 5.82 Å². The SMILES string of the molecule is CCCc1nc(C2CC2)nc(N)c1Br. The maximum absolute atomic E-state index is 5.82. The molecule has 0 amide bonds. The summed E-state index contributed by atoms with van der Waals surface area (Å²) in [5.74, 6) is 2.10. The van der Waals surface area contributed by atoms with Crippen LogP contribution >= 0.6 is 15.9 Å². The average molecular weight is 256 g/mol. The maximum Gasteiger partial charge on any atom is 0.141 e. The zero-order chi connectivity index (χ0) is 10.1. The molecule has 0 spiro atoms. The Labute approximate surface area is 92.3 Å². The highest BCUT2D eigenvalue weighted by Crippen LogP contribution is 2.39. The number of nitrogens with two attached hydrogens (primary N) is 1. The Kier molecular flexibility index (Phi) is 2.72. The minimum Gasteiger partial charge on any atom is -0.383 e. The molecule has 76 valence electrons. The second-order valence-electron chi connectivity index (χ2n) is 3.75. The van der Waals surface area contributed by atoms with Gasteiger partial charge in [0, 0.05) is 5.92 Å². The van der Waals surface area contributed by atoms with Crippen molar-refractivity contribution in [3.8, 4) is 0 Å². The quantitative estimate of drug-likeness (QED) is 0.904.